The smallest absolute Gasteiger partial charge is 0.262 e. The lowest BCUT2D eigenvalue weighted by Crippen LogP contribution is -2.20. The molecule has 0 amide bonds. The van der Waals surface area contributed by atoms with Crippen LogP contribution in [0.2, 0.25) is 0 Å². The molecule has 0 atom stereocenters. The molecule has 0 unspecified atom stereocenters. The first kappa shape index (κ1) is 15.0. The van der Waals surface area contributed by atoms with Crippen LogP contribution in [0.5, 0.6) is 0 Å². The van der Waals surface area contributed by atoms with Crippen LogP contribution in [-0.2, 0) is 6.54 Å². The van der Waals surface area contributed by atoms with Crippen molar-refractivity contribution in [2.45, 2.75) is 40.2 Å². The van der Waals surface area contributed by atoms with Crippen LogP contribution >= 0.6 is 11.3 Å². The van der Waals surface area contributed by atoms with Crippen molar-refractivity contribution in [2.24, 2.45) is 0 Å². The fourth-order valence-corrected chi connectivity index (χ4v) is 3.48. The third-order valence-corrected chi connectivity index (χ3v) is 5.02. The summed E-state index contributed by atoms with van der Waals surface area (Å²) in [6.45, 7) is 7.07. The molecule has 22 heavy (non-hydrogen) atoms. The Morgan fingerprint density at radius 1 is 1.23 bits per heavy atom. The van der Waals surface area contributed by atoms with Gasteiger partial charge in [-0.2, -0.15) is 0 Å². The van der Waals surface area contributed by atoms with E-state index < -0.39 is 0 Å². The topological polar surface area (TPSA) is 34.9 Å². The molecule has 1 aromatic carbocycles. The molecular weight excluding hydrogens is 292 g/mol. The number of aromatic nitrogens is 2. The van der Waals surface area contributed by atoms with Gasteiger partial charge >= 0.3 is 0 Å². The Hall–Kier alpha value is -1.94. The summed E-state index contributed by atoms with van der Waals surface area (Å²) < 4.78 is 1.74. The van der Waals surface area contributed by atoms with E-state index in [0.717, 1.165) is 40.7 Å². The van der Waals surface area contributed by atoms with E-state index in [4.69, 9.17) is 0 Å². The molecule has 3 rings (SSSR count). The minimum Gasteiger partial charge on any atom is -0.299 e. The summed E-state index contributed by atoms with van der Waals surface area (Å²) in [5, 5.41) is 2.81. The summed E-state index contributed by atoms with van der Waals surface area (Å²) in [7, 11) is 0. The Morgan fingerprint density at radius 3 is 2.77 bits per heavy atom. The van der Waals surface area contributed by atoms with Gasteiger partial charge in [0.05, 0.1) is 11.7 Å². The second-order valence-corrected chi connectivity index (χ2v) is 6.58. The third kappa shape index (κ3) is 2.59. The van der Waals surface area contributed by atoms with E-state index in [9.17, 15) is 4.79 Å². The number of fused-ring (bicyclic) bond motifs is 1. The lowest BCUT2D eigenvalue weighted by molar-refractivity contribution is 0.609. The lowest BCUT2D eigenvalue weighted by atomic mass is 10.0. The summed E-state index contributed by atoms with van der Waals surface area (Å²) in [6, 6.07) is 6.35. The Bertz CT molecular complexity index is 876. The molecule has 0 saturated carbocycles. The molecule has 4 heteroatoms. The summed E-state index contributed by atoms with van der Waals surface area (Å²) in [4.78, 5) is 18.1. The van der Waals surface area contributed by atoms with Gasteiger partial charge in [0.2, 0.25) is 0 Å². The maximum absolute atomic E-state index is 12.8. The molecule has 0 aliphatic heterocycles. The molecule has 0 bridgehead atoms. The van der Waals surface area contributed by atoms with Gasteiger partial charge in [-0.1, -0.05) is 31.5 Å². The molecule has 0 N–H and O–H groups in total. The van der Waals surface area contributed by atoms with Gasteiger partial charge in [0.15, 0.2) is 0 Å². The summed E-state index contributed by atoms with van der Waals surface area (Å²) in [5.74, 6) is 0. The first-order valence-electron chi connectivity index (χ1n) is 7.66. The number of nitrogens with zero attached hydrogens (tertiary/aromatic N) is 2. The third-order valence-electron chi connectivity index (χ3n) is 4.13. The minimum atomic E-state index is 0.0768. The maximum atomic E-state index is 12.8. The Morgan fingerprint density at radius 2 is 2.05 bits per heavy atom. The standard InChI is InChI=1S/C18H20N2OS/c1-4-5-8-20-11-19-17-16(18(20)21)15(10-22-17)14-7-6-12(2)13(3)9-14/h6-7,9-11H,4-5,8H2,1-3H3. The normalized spacial score (nSPS) is 11.2. The second kappa shape index (κ2) is 6.05. The molecule has 3 aromatic rings. The van der Waals surface area contributed by atoms with Crippen LogP contribution in [0.25, 0.3) is 21.3 Å². The summed E-state index contributed by atoms with van der Waals surface area (Å²) in [6.07, 6.45) is 3.75. The zero-order valence-corrected chi connectivity index (χ0v) is 14.0. The highest BCUT2D eigenvalue weighted by Gasteiger charge is 2.13. The first-order valence-corrected chi connectivity index (χ1v) is 8.54. The molecule has 2 heterocycles. The summed E-state index contributed by atoms with van der Waals surface area (Å²) in [5.41, 5.74) is 4.69. The highest BCUT2D eigenvalue weighted by atomic mass is 32.1. The largest absolute Gasteiger partial charge is 0.299 e. The van der Waals surface area contributed by atoms with Crippen LogP contribution in [0.1, 0.15) is 30.9 Å². The van der Waals surface area contributed by atoms with Crippen molar-refractivity contribution in [3.63, 3.8) is 0 Å². The highest BCUT2D eigenvalue weighted by Crippen LogP contribution is 2.31. The monoisotopic (exact) mass is 312 g/mol. The van der Waals surface area contributed by atoms with E-state index in [1.54, 1.807) is 22.2 Å². The minimum absolute atomic E-state index is 0.0768. The van der Waals surface area contributed by atoms with Crippen molar-refractivity contribution in [3.05, 3.63) is 51.4 Å². The first-order chi connectivity index (χ1) is 10.6. The number of unbranched alkanes of at least 4 members (excludes halogenated alkanes) is 1. The Labute approximate surface area is 134 Å². The second-order valence-electron chi connectivity index (χ2n) is 5.73. The fraction of sp³-hybridized carbons (Fsp3) is 0.333. The van der Waals surface area contributed by atoms with Crippen LogP contribution < -0.4 is 5.56 Å². The molecule has 3 nitrogen and oxygen atoms in total. The van der Waals surface area contributed by atoms with Crippen LogP contribution in [-0.4, -0.2) is 9.55 Å². The van der Waals surface area contributed by atoms with Crippen LogP contribution in [0.3, 0.4) is 0 Å². The Balaban J connectivity index is 2.17. The molecule has 2 aromatic heterocycles. The van der Waals surface area contributed by atoms with Crippen LogP contribution in [0.15, 0.2) is 34.7 Å². The number of benzene rings is 1. The van der Waals surface area contributed by atoms with E-state index in [1.807, 2.05) is 5.38 Å². The average molecular weight is 312 g/mol. The molecule has 0 saturated heterocycles. The molecule has 0 spiro atoms. The fourth-order valence-electron chi connectivity index (χ4n) is 2.58. The average Bonchev–Trinajstić information content (AvgIpc) is 2.94. The van der Waals surface area contributed by atoms with Gasteiger partial charge in [0, 0.05) is 17.5 Å². The van der Waals surface area contributed by atoms with Crippen molar-refractivity contribution < 1.29 is 0 Å². The number of aryl methyl sites for hydroxylation is 3. The van der Waals surface area contributed by atoms with Crippen LogP contribution in [0.4, 0.5) is 0 Å². The number of hydrogen-bond donors (Lipinski definition) is 0. The number of thiophene rings is 1. The molecule has 0 aliphatic rings. The van der Waals surface area contributed by atoms with Crippen molar-refractivity contribution in [1.82, 2.24) is 9.55 Å². The van der Waals surface area contributed by atoms with Crippen LogP contribution in [0, 0.1) is 13.8 Å². The summed E-state index contributed by atoms with van der Waals surface area (Å²) >= 11 is 1.54. The van der Waals surface area contributed by atoms with E-state index in [2.05, 4.69) is 44.0 Å². The SMILES string of the molecule is CCCCn1cnc2scc(-c3ccc(C)c(C)c3)c2c1=O. The molecule has 0 fully saturated rings. The maximum Gasteiger partial charge on any atom is 0.262 e. The molecule has 0 radical (unpaired) electrons. The Kier molecular flexibility index (Phi) is 4.12. The quantitative estimate of drug-likeness (QED) is 0.709. The predicted molar refractivity (Wildman–Crippen MR) is 93.7 cm³/mol. The van der Waals surface area contributed by atoms with Gasteiger partial charge in [0.1, 0.15) is 4.83 Å². The van der Waals surface area contributed by atoms with Gasteiger partial charge < -0.3 is 0 Å². The zero-order valence-electron chi connectivity index (χ0n) is 13.2. The van der Waals surface area contributed by atoms with E-state index in [-0.39, 0.29) is 5.56 Å². The van der Waals surface area contributed by atoms with E-state index >= 15 is 0 Å². The van der Waals surface area contributed by atoms with Gasteiger partial charge in [-0.15, -0.1) is 11.3 Å². The zero-order chi connectivity index (χ0) is 15.7. The van der Waals surface area contributed by atoms with Gasteiger partial charge in [-0.3, -0.25) is 9.36 Å². The van der Waals surface area contributed by atoms with Gasteiger partial charge in [-0.05, 0) is 37.0 Å². The van der Waals surface area contributed by atoms with Crippen molar-refractivity contribution >= 4 is 21.6 Å². The van der Waals surface area contributed by atoms with E-state index in [1.165, 1.54) is 11.1 Å². The van der Waals surface area contributed by atoms with Crippen molar-refractivity contribution in [2.75, 3.05) is 0 Å². The molecule has 0 aliphatic carbocycles. The van der Waals surface area contributed by atoms with Crippen molar-refractivity contribution in [3.8, 4) is 11.1 Å². The predicted octanol–water partition coefficient (Wildman–Crippen LogP) is 4.54. The lowest BCUT2D eigenvalue weighted by Gasteiger charge is -2.06. The van der Waals surface area contributed by atoms with E-state index in [0.29, 0.717) is 0 Å². The van der Waals surface area contributed by atoms with Gasteiger partial charge in [0.25, 0.3) is 5.56 Å². The highest BCUT2D eigenvalue weighted by molar-refractivity contribution is 7.17. The number of hydrogen-bond acceptors (Lipinski definition) is 3. The molecule has 114 valence electrons. The van der Waals surface area contributed by atoms with Crippen molar-refractivity contribution in [1.29, 1.82) is 0 Å². The number of rotatable bonds is 4. The van der Waals surface area contributed by atoms with Gasteiger partial charge in [-0.25, -0.2) is 4.98 Å². The molecular formula is C18H20N2OS.